The number of aromatic nitrogens is 1. The van der Waals surface area contributed by atoms with Gasteiger partial charge in [0.05, 0.1) is 5.52 Å². The van der Waals surface area contributed by atoms with Crippen molar-refractivity contribution >= 4 is 16.6 Å². The van der Waals surface area contributed by atoms with Gasteiger partial charge < -0.3 is 5.32 Å². The largest absolute Gasteiger partial charge is 0.381 e. The van der Waals surface area contributed by atoms with E-state index >= 15 is 0 Å². The van der Waals surface area contributed by atoms with Crippen LogP contribution in [0.25, 0.3) is 10.9 Å². The van der Waals surface area contributed by atoms with Gasteiger partial charge in [-0.25, -0.2) is 0 Å². The summed E-state index contributed by atoms with van der Waals surface area (Å²) in [5, 5.41) is 5.00. The first kappa shape index (κ1) is 12.5. The standard InChI is InChI=1S/C17H22N2/c1-12-8-9-13(2)17(11-12)19-16-7-3-6-15-14(16)5-4-10-18-15/h3-7,10,12-13,17,19H,8-9,11H2,1-2H3. The summed E-state index contributed by atoms with van der Waals surface area (Å²) < 4.78 is 0. The smallest absolute Gasteiger partial charge is 0.0722 e. The van der Waals surface area contributed by atoms with E-state index in [1.165, 1.54) is 30.3 Å². The molecule has 2 heteroatoms. The summed E-state index contributed by atoms with van der Waals surface area (Å²) in [6, 6.07) is 11.1. The van der Waals surface area contributed by atoms with Crippen molar-refractivity contribution in [2.75, 3.05) is 5.32 Å². The van der Waals surface area contributed by atoms with Gasteiger partial charge in [0.25, 0.3) is 0 Å². The highest BCUT2D eigenvalue weighted by molar-refractivity contribution is 5.91. The van der Waals surface area contributed by atoms with Crippen molar-refractivity contribution in [1.29, 1.82) is 0 Å². The first-order valence-corrected chi connectivity index (χ1v) is 7.34. The van der Waals surface area contributed by atoms with Crippen molar-refractivity contribution in [1.82, 2.24) is 4.98 Å². The molecule has 0 bridgehead atoms. The highest BCUT2D eigenvalue weighted by atomic mass is 14.9. The van der Waals surface area contributed by atoms with E-state index in [2.05, 4.69) is 48.4 Å². The second kappa shape index (κ2) is 5.20. The van der Waals surface area contributed by atoms with Gasteiger partial charge in [0.15, 0.2) is 0 Å². The minimum absolute atomic E-state index is 0.592. The monoisotopic (exact) mass is 254 g/mol. The molecule has 0 amide bonds. The average Bonchev–Trinajstić information content (AvgIpc) is 2.43. The van der Waals surface area contributed by atoms with Crippen LogP contribution in [0, 0.1) is 11.8 Å². The number of rotatable bonds is 2. The lowest BCUT2D eigenvalue weighted by Gasteiger charge is -2.34. The Balaban J connectivity index is 1.88. The molecule has 100 valence electrons. The van der Waals surface area contributed by atoms with Crippen LogP contribution in [0.5, 0.6) is 0 Å². The summed E-state index contributed by atoms with van der Waals surface area (Å²) in [5.74, 6) is 1.59. The number of hydrogen-bond donors (Lipinski definition) is 1. The Morgan fingerprint density at radius 3 is 2.89 bits per heavy atom. The summed E-state index contributed by atoms with van der Waals surface area (Å²) >= 11 is 0. The molecule has 1 fully saturated rings. The van der Waals surface area contributed by atoms with E-state index in [4.69, 9.17) is 0 Å². The van der Waals surface area contributed by atoms with Gasteiger partial charge in [0.2, 0.25) is 0 Å². The van der Waals surface area contributed by atoms with Crippen LogP contribution in [-0.2, 0) is 0 Å². The maximum absolute atomic E-state index is 4.43. The number of fused-ring (bicyclic) bond motifs is 1. The summed E-state index contributed by atoms with van der Waals surface area (Å²) in [5.41, 5.74) is 2.31. The van der Waals surface area contributed by atoms with Gasteiger partial charge in [0.1, 0.15) is 0 Å². The van der Waals surface area contributed by atoms with Gasteiger partial charge in [-0.1, -0.05) is 26.3 Å². The number of nitrogens with one attached hydrogen (secondary N) is 1. The van der Waals surface area contributed by atoms with E-state index in [0.717, 1.165) is 17.4 Å². The van der Waals surface area contributed by atoms with Crippen molar-refractivity contribution in [2.24, 2.45) is 11.8 Å². The van der Waals surface area contributed by atoms with Gasteiger partial charge in [-0.05, 0) is 48.9 Å². The molecular formula is C17H22N2. The Morgan fingerprint density at radius 1 is 1.11 bits per heavy atom. The summed E-state index contributed by atoms with van der Waals surface area (Å²) in [4.78, 5) is 4.43. The molecular weight excluding hydrogens is 232 g/mol. The van der Waals surface area contributed by atoms with Crippen LogP contribution in [0.3, 0.4) is 0 Å². The first-order chi connectivity index (χ1) is 9.24. The normalized spacial score (nSPS) is 27.4. The Labute approximate surface area is 115 Å². The average molecular weight is 254 g/mol. The second-order valence-electron chi connectivity index (χ2n) is 6.02. The lowest BCUT2D eigenvalue weighted by molar-refractivity contribution is 0.281. The zero-order chi connectivity index (χ0) is 13.2. The molecule has 2 nitrogen and oxygen atoms in total. The molecule has 0 saturated heterocycles. The van der Waals surface area contributed by atoms with Gasteiger partial charge in [0, 0.05) is 23.3 Å². The fourth-order valence-electron chi connectivity index (χ4n) is 3.16. The number of pyridine rings is 1. The molecule has 3 atom stereocenters. The Hall–Kier alpha value is -1.57. The van der Waals surface area contributed by atoms with E-state index in [-0.39, 0.29) is 0 Å². The number of hydrogen-bond acceptors (Lipinski definition) is 2. The zero-order valence-corrected chi connectivity index (χ0v) is 11.8. The first-order valence-electron chi connectivity index (χ1n) is 7.34. The highest BCUT2D eigenvalue weighted by Gasteiger charge is 2.25. The van der Waals surface area contributed by atoms with Gasteiger partial charge >= 0.3 is 0 Å². The predicted molar refractivity (Wildman–Crippen MR) is 81.3 cm³/mol. The second-order valence-corrected chi connectivity index (χ2v) is 6.02. The molecule has 1 aromatic carbocycles. The van der Waals surface area contributed by atoms with Crippen molar-refractivity contribution in [3.05, 3.63) is 36.5 Å². The van der Waals surface area contributed by atoms with Gasteiger partial charge in [-0.15, -0.1) is 0 Å². The number of benzene rings is 1. The molecule has 1 aliphatic rings. The predicted octanol–water partition coefficient (Wildman–Crippen LogP) is 4.47. The van der Waals surface area contributed by atoms with Crippen LogP contribution in [0.4, 0.5) is 5.69 Å². The van der Waals surface area contributed by atoms with Crippen LogP contribution in [0.2, 0.25) is 0 Å². The van der Waals surface area contributed by atoms with Crippen molar-refractivity contribution in [3.8, 4) is 0 Å². The van der Waals surface area contributed by atoms with Crippen LogP contribution in [0.1, 0.15) is 33.1 Å². The molecule has 0 aliphatic heterocycles. The molecule has 1 saturated carbocycles. The maximum atomic E-state index is 4.43. The van der Waals surface area contributed by atoms with Crippen molar-refractivity contribution in [2.45, 2.75) is 39.2 Å². The van der Waals surface area contributed by atoms with Gasteiger partial charge in [-0.2, -0.15) is 0 Å². The Kier molecular flexibility index (Phi) is 3.41. The zero-order valence-electron chi connectivity index (χ0n) is 11.8. The van der Waals surface area contributed by atoms with Crippen LogP contribution < -0.4 is 5.32 Å². The van der Waals surface area contributed by atoms with Crippen LogP contribution >= 0.6 is 0 Å². The Morgan fingerprint density at radius 2 is 2.00 bits per heavy atom. The fraction of sp³-hybridized carbons (Fsp3) is 0.471. The molecule has 1 N–H and O–H groups in total. The third-order valence-corrected chi connectivity index (χ3v) is 4.44. The molecule has 3 rings (SSSR count). The SMILES string of the molecule is CC1CCC(C)C(Nc2cccc3ncccc23)C1. The summed E-state index contributed by atoms with van der Waals surface area (Å²) in [6.07, 6.45) is 5.84. The highest BCUT2D eigenvalue weighted by Crippen LogP contribution is 2.32. The lowest BCUT2D eigenvalue weighted by atomic mass is 9.80. The summed E-state index contributed by atoms with van der Waals surface area (Å²) in [7, 11) is 0. The molecule has 0 radical (unpaired) electrons. The van der Waals surface area contributed by atoms with E-state index in [9.17, 15) is 0 Å². The molecule has 1 aliphatic carbocycles. The van der Waals surface area contributed by atoms with E-state index in [1.54, 1.807) is 0 Å². The molecule has 2 aromatic rings. The molecule has 1 heterocycles. The van der Waals surface area contributed by atoms with Crippen LogP contribution in [-0.4, -0.2) is 11.0 Å². The molecule has 0 spiro atoms. The number of nitrogens with zero attached hydrogens (tertiary/aromatic N) is 1. The quantitative estimate of drug-likeness (QED) is 0.855. The lowest BCUT2D eigenvalue weighted by Crippen LogP contribution is -2.33. The molecule has 1 aromatic heterocycles. The molecule has 19 heavy (non-hydrogen) atoms. The summed E-state index contributed by atoms with van der Waals surface area (Å²) in [6.45, 7) is 4.73. The minimum atomic E-state index is 0.592. The van der Waals surface area contributed by atoms with E-state index < -0.39 is 0 Å². The molecule has 3 unspecified atom stereocenters. The van der Waals surface area contributed by atoms with Crippen molar-refractivity contribution < 1.29 is 0 Å². The number of anilines is 1. The topological polar surface area (TPSA) is 24.9 Å². The van der Waals surface area contributed by atoms with Gasteiger partial charge in [-0.3, -0.25) is 4.98 Å². The third-order valence-electron chi connectivity index (χ3n) is 4.44. The van der Waals surface area contributed by atoms with Crippen molar-refractivity contribution in [3.63, 3.8) is 0 Å². The fourth-order valence-corrected chi connectivity index (χ4v) is 3.16. The van der Waals surface area contributed by atoms with E-state index in [0.29, 0.717) is 6.04 Å². The maximum Gasteiger partial charge on any atom is 0.0722 e. The minimum Gasteiger partial charge on any atom is -0.381 e. The Bertz CT molecular complexity index is 559. The van der Waals surface area contributed by atoms with E-state index in [1.807, 2.05) is 12.3 Å². The third kappa shape index (κ3) is 2.58. The van der Waals surface area contributed by atoms with Crippen LogP contribution in [0.15, 0.2) is 36.5 Å².